The number of nitrogens with two attached hydrogens (primary N) is 2. The van der Waals surface area contributed by atoms with Crippen molar-refractivity contribution in [2.45, 2.75) is 233 Å². The monoisotopic (exact) mass is 1570 g/mol. The van der Waals surface area contributed by atoms with E-state index in [1.54, 1.807) is 95.5 Å². The first-order chi connectivity index (χ1) is 53.2. The summed E-state index contributed by atoms with van der Waals surface area (Å²) in [6.45, 7) is 21.6. The molecule has 0 unspecified atom stereocenters. The quantitative estimate of drug-likeness (QED) is 0.00252. The van der Waals surface area contributed by atoms with Gasteiger partial charge in [-0.3, -0.25) is 54.2 Å². The zero-order valence-electron chi connectivity index (χ0n) is 67.7. The van der Waals surface area contributed by atoms with Crippen molar-refractivity contribution in [2.24, 2.45) is 31.6 Å². The van der Waals surface area contributed by atoms with Crippen LogP contribution in [0.15, 0.2) is 123 Å². The van der Waals surface area contributed by atoms with Crippen molar-refractivity contribution in [3.05, 3.63) is 142 Å². The number of aliphatic imine (C=N–C) groups is 3. The Kier molecular flexibility index (Phi) is 46.8. The maximum Gasteiger partial charge on any atom is 0.434 e. The molecule has 5 rings (SSSR count). The van der Waals surface area contributed by atoms with Crippen molar-refractivity contribution in [2.75, 3.05) is 41.0 Å². The van der Waals surface area contributed by atoms with Gasteiger partial charge < -0.3 is 50.1 Å². The topological polar surface area (TPSA) is 490 Å². The number of hydrogen-bond acceptors (Lipinski definition) is 24. The number of terminal acetylenes is 1. The van der Waals surface area contributed by atoms with E-state index in [9.17, 15) is 47.9 Å². The molecule has 34 nitrogen and oxygen atoms in total. The molecule has 0 aliphatic rings. The number of Topliss-reactive ketones (excluding diaryl/α,β-unsaturated/α-hetero) is 3. The zero-order valence-corrected chi connectivity index (χ0v) is 67.7. The number of aromatic nitrogens is 6. The number of guanidine groups is 2. The van der Waals surface area contributed by atoms with Gasteiger partial charge in [-0.05, 0) is 150 Å². The van der Waals surface area contributed by atoms with Crippen molar-refractivity contribution < 1.29 is 86.6 Å². The summed E-state index contributed by atoms with van der Waals surface area (Å²) in [4.78, 5) is 134. The smallest absolute Gasteiger partial charge is 0.434 e. The zero-order chi connectivity index (χ0) is 85.2. The Labute approximate surface area is 661 Å². The minimum absolute atomic E-state index is 0.0133. The number of aliphatic carboxylic acids is 1. The van der Waals surface area contributed by atoms with Crippen LogP contribution < -0.4 is 22.1 Å². The van der Waals surface area contributed by atoms with E-state index in [-0.39, 0.29) is 130 Å². The standard InChI is InChI=1S/C29H42N6O7.C18H24N6O3.C18H29NO4.C13H15N3O3.CH4O/c1-28(2,3)41-26(38)31-25(32-27(39)42-29(4,5)6)30-15-11-14-22-18-35(34-33-22)19-23(36)16-21(17-24(37)40-7)20-12-9-8-10-13-20;19-18(20)21-8-4-7-15-11-24(23-22-15)12-16(25)9-14(10-17(26)27)13-5-2-1-3-6-13;1-8-9-10-11-12-14(13-15(20)22-17(2,3)4)19-16(21)23-18(5,6)7;1-19-13(18)8-11(7-12(17)9-15-16-14)10-5-3-2-4-6-10;1-2/h8-10,12-13,18,21H,11,14-17,19H2,1-7H3,(H2,30,31,32,38,39);1-3,5-6,11,14H,4,7-10,12H2,(H,26,27)(H4,19,20,21);1H,9-13H2,2-7H3;2-6,11H,7-9H2,1H3;2H,1H3/t21-;14-;;11-;/m00.0./s1. The Morgan fingerprint density at radius 2 is 0.947 bits per heavy atom. The Hall–Kier alpha value is -11.7. The van der Waals surface area contributed by atoms with Gasteiger partial charge >= 0.3 is 42.2 Å². The number of ether oxygens (including phenoxy) is 6. The number of amides is 3. The van der Waals surface area contributed by atoms with Crippen LogP contribution in [0, 0.1) is 12.3 Å². The molecule has 2 heterocycles. The summed E-state index contributed by atoms with van der Waals surface area (Å²) in [5.41, 5.74) is 20.5. The molecule has 3 amide bonds. The number of nitrogens with zero attached hydrogens (tertiary/aromatic N) is 12. The molecule has 3 aromatic carbocycles. The van der Waals surface area contributed by atoms with Gasteiger partial charge in [0.2, 0.25) is 5.96 Å². The number of nitrogens with one attached hydrogen (secondary N) is 2. The van der Waals surface area contributed by atoms with Crippen LogP contribution in [0.5, 0.6) is 0 Å². The second-order valence-electron chi connectivity index (χ2n) is 29.2. The molecule has 618 valence electrons. The highest BCUT2D eigenvalue weighted by Gasteiger charge is 2.26. The average Bonchev–Trinajstić information content (AvgIpc) is 1.26. The molecule has 3 atom stereocenters. The average molecular weight is 1580 g/mol. The summed E-state index contributed by atoms with van der Waals surface area (Å²) >= 11 is 0. The number of methoxy groups -OCH3 is 2. The van der Waals surface area contributed by atoms with E-state index in [1.165, 1.54) is 23.6 Å². The van der Waals surface area contributed by atoms with Crippen molar-refractivity contribution >= 4 is 77.1 Å². The van der Waals surface area contributed by atoms with Crippen LogP contribution >= 0.6 is 0 Å². The van der Waals surface area contributed by atoms with Gasteiger partial charge in [-0.2, -0.15) is 4.99 Å². The van der Waals surface area contributed by atoms with E-state index in [2.05, 4.69) is 66.9 Å². The molecule has 0 saturated carbocycles. The predicted molar refractivity (Wildman–Crippen MR) is 424 cm³/mol. The third-order valence-corrected chi connectivity index (χ3v) is 14.5. The molecule has 0 bridgehead atoms. The van der Waals surface area contributed by atoms with Crippen LogP contribution in [0.25, 0.3) is 10.4 Å². The number of carboxylic acid groups (broad SMARTS) is 1. The van der Waals surface area contributed by atoms with Crippen LogP contribution in [0.1, 0.15) is 212 Å². The third-order valence-electron chi connectivity index (χ3n) is 14.5. The second kappa shape index (κ2) is 53.2. The largest absolute Gasteiger partial charge is 0.481 e. The lowest BCUT2D eigenvalue weighted by atomic mass is 9.91. The molecule has 5 aromatic rings. The molecule has 113 heavy (non-hydrogen) atoms. The summed E-state index contributed by atoms with van der Waals surface area (Å²) in [6, 6.07) is 27.8. The molecule has 0 aliphatic heterocycles. The summed E-state index contributed by atoms with van der Waals surface area (Å²) in [5, 5.41) is 40.4. The number of ketones is 3. The Bertz CT molecular complexity index is 3920. The fourth-order valence-corrected chi connectivity index (χ4v) is 9.96. The number of carbonyl (C=O) groups is 10. The summed E-state index contributed by atoms with van der Waals surface area (Å²) < 4.78 is 33.3. The van der Waals surface area contributed by atoms with Gasteiger partial charge in [0.05, 0.1) is 57.8 Å². The minimum atomic E-state index is -0.930. The van der Waals surface area contributed by atoms with Crippen molar-refractivity contribution in [1.82, 2.24) is 40.6 Å². The molecular weight excluding hydrogens is 1460 g/mol. The molecule has 34 heteroatoms. The van der Waals surface area contributed by atoms with Gasteiger partial charge in [0, 0.05) is 86.7 Å². The first-order valence-electron chi connectivity index (χ1n) is 36.5. The summed E-state index contributed by atoms with van der Waals surface area (Å²) in [5.74, 6) is -0.884. The highest BCUT2D eigenvalue weighted by atomic mass is 16.6. The Morgan fingerprint density at radius 1 is 0.549 bits per heavy atom. The predicted octanol–water partition coefficient (Wildman–Crippen LogP) is 11.1. The summed E-state index contributed by atoms with van der Waals surface area (Å²) in [7, 11) is 3.64. The van der Waals surface area contributed by atoms with Crippen molar-refractivity contribution in [3.8, 4) is 12.3 Å². The fraction of sp³-hybridized carbons (Fsp3) is 0.532. The molecule has 0 fully saturated rings. The number of aryl methyl sites for hydroxylation is 2. The molecule has 0 radical (unpaired) electrons. The van der Waals surface area contributed by atoms with E-state index in [1.807, 2.05) is 91.0 Å². The van der Waals surface area contributed by atoms with Crippen LogP contribution in [-0.2, 0) is 87.9 Å². The highest BCUT2D eigenvalue weighted by Crippen LogP contribution is 2.27. The number of unbranched alkanes of at least 4 members (excludes halogenated alkanes) is 2. The number of aliphatic hydroxyl groups excluding tert-OH is 1. The van der Waals surface area contributed by atoms with E-state index < -0.39 is 52.6 Å². The maximum atomic E-state index is 12.8. The SMILES string of the molecule is C#CCCCCC(CC(=O)OC(C)(C)C)=NC(=O)OC(C)(C)C.CO.COC(=O)C[C@H](CC(=O)CN=[N+]=[N-])c1ccccc1.COC(=O)C[C@H](CC(=O)Cn1cc(CCCN=C(NC(=O)OC(C)(C)C)NC(=O)OC(C)(C)C)nn1)c1ccccc1.NC(N)=NCCCc1cn(CC(=O)C[C@@H](CC(=O)O)c2ccccc2)nn1. The Balaban J connectivity index is 0.000000784. The highest BCUT2D eigenvalue weighted by molar-refractivity contribution is 6.03. The van der Waals surface area contributed by atoms with E-state index in [0.29, 0.717) is 50.1 Å². The number of benzene rings is 3. The molecule has 0 saturated heterocycles. The van der Waals surface area contributed by atoms with E-state index >= 15 is 0 Å². The number of esters is 3. The van der Waals surface area contributed by atoms with E-state index in [4.69, 9.17) is 57.3 Å². The first-order valence-corrected chi connectivity index (χ1v) is 36.5. The van der Waals surface area contributed by atoms with Gasteiger partial charge in [-0.15, -0.1) is 22.5 Å². The molecular formula is C79H114N16O18. The first kappa shape index (κ1) is 99.3. The number of carboxylic acids is 1. The van der Waals surface area contributed by atoms with E-state index in [0.717, 1.165) is 48.8 Å². The molecule has 2 aromatic heterocycles. The van der Waals surface area contributed by atoms with Crippen LogP contribution in [-0.4, -0.2) is 181 Å². The number of aliphatic hydroxyl groups is 1. The third kappa shape index (κ3) is 50.7. The summed E-state index contributed by atoms with van der Waals surface area (Å²) in [6.07, 6.45) is 12.0. The van der Waals surface area contributed by atoms with Crippen molar-refractivity contribution in [1.29, 1.82) is 0 Å². The number of azide groups is 1. The second-order valence-corrected chi connectivity index (χ2v) is 29.2. The number of alkyl carbamates (subject to hydrolysis) is 2. The van der Waals surface area contributed by atoms with Crippen LogP contribution in [0.4, 0.5) is 14.4 Å². The number of carbonyl (C=O) groups excluding carboxylic acids is 9. The molecule has 8 N–H and O–H groups in total. The lowest BCUT2D eigenvalue weighted by Gasteiger charge is -2.22. The van der Waals surface area contributed by atoms with Gasteiger partial charge in [0.25, 0.3) is 0 Å². The molecule has 0 aliphatic carbocycles. The Morgan fingerprint density at radius 3 is 1.32 bits per heavy atom. The number of rotatable bonds is 35. The minimum Gasteiger partial charge on any atom is -0.481 e. The van der Waals surface area contributed by atoms with Crippen molar-refractivity contribution in [3.63, 3.8) is 0 Å². The maximum absolute atomic E-state index is 12.8. The van der Waals surface area contributed by atoms with Gasteiger partial charge in [0.15, 0.2) is 17.5 Å². The lowest BCUT2D eigenvalue weighted by Crippen LogP contribution is -2.47. The lowest BCUT2D eigenvalue weighted by molar-refractivity contribution is -0.153. The molecule has 0 spiro atoms. The van der Waals surface area contributed by atoms with Gasteiger partial charge in [0.1, 0.15) is 41.3 Å². The van der Waals surface area contributed by atoms with Gasteiger partial charge in [-0.1, -0.05) is 107 Å². The van der Waals surface area contributed by atoms with Gasteiger partial charge in [-0.25, -0.2) is 23.7 Å². The van der Waals surface area contributed by atoms with Crippen LogP contribution in [0.3, 0.4) is 0 Å². The number of hydrogen-bond donors (Lipinski definition) is 6. The fourth-order valence-electron chi connectivity index (χ4n) is 9.96. The van der Waals surface area contributed by atoms with Crippen LogP contribution in [0.2, 0.25) is 0 Å². The normalized spacial score (nSPS) is 11.8.